The number of carbonyl (C=O) groups excluding carboxylic acids is 1. The number of hydrogen-bond acceptors (Lipinski definition) is 3. The zero-order chi connectivity index (χ0) is 15.6. The molecule has 0 saturated carbocycles. The minimum absolute atomic E-state index is 0.117. The number of nitro groups is 1. The van der Waals surface area contributed by atoms with Gasteiger partial charge in [-0.15, -0.1) is 0 Å². The van der Waals surface area contributed by atoms with E-state index in [1.807, 2.05) is 0 Å². The van der Waals surface area contributed by atoms with Crippen molar-refractivity contribution in [2.75, 3.05) is 5.32 Å². The lowest BCUT2D eigenvalue weighted by Gasteiger charge is -2.09. The third-order valence-corrected chi connectivity index (χ3v) is 4.59. The van der Waals surface area contributed by atoms with Gasteiger partial charge in [-0.05, 0) is 50.1 Å². The van der Waals surface area contributed by atoms with Crippen LogP contribution in [0.5, 0.6) is 0 Å². The number of carbonyl (C=O) groups is 1. The second-order valence-electron chi connectivity index (χ2n) is 3.98. The van der Waals surface area contributed by atoms with Gasteiger partial charge in [-0.3, -0.25) is 14.9 Å². The highest BCUT2D eigenvalue weighted by Gasteiger charge is 2.16. The monoisotopic (exact) mass is 432 g/mol. The number of non-ortho nitro benzene ring substituents is 1. The second kappa shape index (κ2) is 6.55. The van der Waals surface area contributed by atoms with Gasteiger partial charge in [0.15, 0.2) is 0 Å². The summed E-state index contributed by atoms with van der Waals surface area (Å²) < 4.78 is 1.13. The molecule has 108 valence electrons. The van der Waals surface area contributed by atoms with Crippen LogP contribution in [0.15, 0.2) is 45.3 Å². The van der Waals surface area contributed by atoms with Crippen LogP contribution in [-0.4, -0.2) is 10.8 Å². The zero-order valence-corrected chi connectivity index (χ0v) is 14.2. The van der Waals surface area contributed by atoms with Crippen LogP contribution in [0.4, 0.5) is 11.4 Å². The third-order valence-electron chi connectivity index (χ3n) is 2.61. The quantitative estimate of drug-likeness (QED) is 0.544. The Morgan fingerprint density at radius 2 is 1.90 bits per heavy atom. The number of nitro benzene ring substituents is 1. The molecule has 0 fully saturated rings. The smallest absolute Gasteiger partial charge is 0.271 e. The molecule has 0 aliphatic rings. The molecular formula is C13H7Br2ClN2O3. The summed E-state index contributed by atoms with van der Waals surface area (Å²) in [4.78, 5) is 22.4. The van der Waals surface area contributed by atoms with Gasteiger partial charge in [-0.1, -0.05) is 17.7 Å². The summed E-state index contributed by atoms with van der Waals surface area (Å²) >= 11 is 12.5. The van der Waals surface area contributed by atoms with Crippen LogP contribution < -0.4 is 5.32 Å². The number of hydrogen-bond donors (Lipinski definition) is 1. The van der Waals surface area contributed by atoms with Crippen molar-refractivity contribution in [2.45, 2.75) is 0 Å². The van der Waals surface area contributed by atoms with Gasteiger partial charge in [0.2, 0.25) is 0 Å². The Morgan fingerprint density at radius 3 is 2.57 bits per heavy atom. The highest BCUT2D eigenvalue weighted by Crippen LogP contribution is 2.30. The van der Waals surface area contributed by atoms with E-state index >= 15 is 0 Å². The highest BCUT2D eigenvalue weighted by atomic mass is 79.9. The number of anilines is 1. The molecule has 5 nitrogen and oxygen atoms in total. The molecular weight excluding hydrogens is 427 g/mol. The van der Waals surface area contributed by atoms with E-state index < -0.39 is 10.8 Å². The fraction of sp³-hybridized carbons (Fsp3) is 0. The summed E-state index contributed by atoms with van der Waals surface area (Å²) in [5, 5.41) is 13.6. The van der Waals surface area contributed by atoms with Crippen molar-refractivity contribution in [2.24, 2.45) is 0 Å². The maximum Gasteiger partial charge on any atom is 0.271 e. The molecule has 2 aromatic rings. The molecule has 0 aromatic heterocycles. The van der Waals surface area contributed by atoms with E-state index in [1.54, 1.807) is 18.2 Å². The van der Waals surface area contributed by atoms with Crippen molar-refractivity contribution in [3.63, 3.8) is 0 Å². The van der Waals surface area contributed by atoms with Crippen LogP contribution in [0.1, 0.15) is 10.4 Å². The molecule has 0 saturated heterocycles. The van der Waals surface area contributed by atoms with E-state index in [2.05, 4.69) is 37.2 Å². The zero-order valence-electron chi connectivity index (χ0n) is 10.3. The molecule has 21 heavy (non-hydrogen) atoms. The predicted octanol–water partition coefficient (Wildman–Crippen LogP) is 5.03. The molecule has 2 aromatic carbocycles. The number of halogens is 3. The topological polar surface area (TPSA) is 72.2 Å². The first-order valence-corrected chi connectivity index (χ1v) is 7.56. The minimum atomic E-state index is -0.534. The summed E-state index contributed by atoms with van der Waals surface area (Å²) in [6.07, 6.45) is 0. The molecule has 0 aliphatic carbocycles. The van der Waals surface area contributed by atoms with E-state index in [0.29, 0.717) is 14.6 Å². The Morgan fingerprint density at radius 1 is 1.19 bits per heavy atom. The highest BCUT2D eigenvalue weighted by molar-refractivity contribution is 9.11. The van der Waals surface area contributed by atoms with E-state index in [0.717, 1.165) is 0 Å². The van der Waals surface area contributed by atoms with Crippen LogP contribution in [0.2, 0.25) is 5.02 Å². The molecule has 2 rings (SSSR count). The third kappa shape index (κ3) is 3.61. The maximum absolute atomic E-state index is 12.2. The Kier molecular flexibility index (Phi) is 4.97. The van der Waals surface area contributed by atoms with Crippen LogP contribution in [0.25, 0.3) is 0 Å². The first-order valence-electron chi connectivity index (χ1n) is 5.59. The Hall–Kier alpha value is -1.44. The van der Waals surface area contributed by atoms with E-state index in [-0.39, 0.29) is 16.3 Å². The first-order chi connectivity index (χ1) is 9.90. The summed E-state index contributed by atoms with van der Waals surface area (Å²) in [5.74, 6) is -0.456. The molecule has 0 atom stereocenters. The van der Waals surface area contributed by atoms with Crippen LogP contribution in [0, 0.1) is 10.1 Å². The van der Waals surface area contributed by atoms with Gasteiger partial charge in [-0.2, -0.15) is 0 Å². The average Bonchev–Trinajstić information content (AvgIpc) is 2.43. The molecule has 0 radical (unpaired) electrons. The predicted molar refractivity (Wildman–Crippen MR) is 87.9 cm³/mol. The molecule has 0 heterocycles. The Bertz CT molecular complexity index is 737. The van der Waals surface area contributed by atoms with E-state index in [9.17, 15) is 14.9 Å². The standard InChI is InChI=1S/C13H7Br2ClN2O3/c14-9-5-4-7(18(20)21)6-11(9)17-13(19)8-2-1-3-10(15)12(8)16/h1-6H,(H,17,19). The molecule has 1 amide bonds. The fourth-order valence-corrected chi connectivity index (χ4v) is 2.52. The van der Waals surface area contributed by atoms with Crippen molar-refractivity contribution in [3.05, 3.63) is 66.0 Å². The summed E-state index contributed by atoms with van der Waals surface area (Å²) in [6, 6.07) is 9.05. The van der Waals surface area contributed by atoms with Crippen molar-refractivity contribution < 1.29 is 9.72 Å². The number of amides is 1. The van der Waals surface area contributed by atoms with Crippen molar-refractivity contribution in [1.82, 2.24) is 0 Å². The van der Waals surface area contributed by atoms with Crippen molar-refractivity contribution in [1.29, 1.82) is 0 Å². The minimum Gasteiger partial charge on any atom is -0.321 e. The van der Waals surface area contributed by atoms with E-state index in [4.69, 9.17) is 11.6 Å². The van der Waals surface area contributed by atoms with Gasteiger partial charge in [0, 0.05) is 21.1 Å². The van der Waals surface area contributed by atoms with Crippen LogP contribution in [0.3, 0.4) is 0 Å². The molecule has 0 unspecified atom stereocenters. The number of benzene rings is 2. The first kappa shape index (κ1) is 15.9. The van der Waals surface area contributed by atoms with Crippen molar-refractivity contribution in [3.8, 4) is 0 Å². The lowest BCUT2D eigenvalue weighted by Crippen LogP contribution is -2.13. The molecule has 0 spiro atoms. The molecule has 0 bridgehead atoms. The van der Waals surface area contributed by atoms with Gasteiger partial charge >= 0.3 is 0 Å². The Balaban J connectivity index is 2.33. The SMILES string of the molecule is O=C(Nc1cc([N+](=O)[O-])ccc1Br)c1cccc(Br)c1Cl. The van der Waals surface area contributed by atoms with Gasteiger partial charge in [0.05, 0.1) is 21.2 Å². The number of nitrogens with zero attached hydrogens (tertiary/aromatic N) is 1. The molecule has 1 N–H and O–H groups in total. The van der Waals surface area contributed by atoms with Gasteiger partial charge in [-0.25, -0.2) is 0 Å². The largest absolute Gasteiger partial charge is 0.321 e. The van der Waals surface area contributed by atoms with Gasteiger partial charge in [0.1, 0.15) is 0 Å². The molecule has 8 heteroatoms. The fourth-order valence-electron chi connectivity index (χ4n) is 1.59. The van der Waals surface area contributed by atoms with Gasteiger partial charge in [0.25, 0.3) is 11.6 Å². The summed E-state index contributed by atoms with van der Waals surface area (Å²) in [6.45, 7) is 0. The summed E-state index contributed by atoms with van der Waals surface area (Å²) in [7, 11) is 0. The summed E-state index contributed by atoms with van der Waals surface area (Å²) in [5.41, 5.74) is 0.448. The molecule has 0 aliphatic heterocycles. The lowest BCUT2D eigenvalue weighted by atomic mass is 10.2. The lowest BCUT2D eigenvalue weighted by molar-refractivity contribution is -0.384. The van der Waals surface area contributed by atoms with E-state index in [1.165, 1.54) is 18.2 Å². The normalized spacial score (nSPS) is 10.2. The number of nitrogens with one attached hydrogen (secondary N) is 1. The number of rotatable bonds is 3. The Labute approximate surface area is 141 Å². The second-order valence-corrected chi connectivity index (χ2v) is 6.06. The van der Waals surface area contributed by atoms with Gasteiger partial charge < -0.3 is 5.32 Å². The average molecular weight is 434 g/mol. The van der Waals surface area contributed by atoms with Crippen LogP contribution >= 0.6 is 43.5 Å². The van der Waals surface area contributed by atoms with Crippen LogP contribution in [-0.2, 0) is 0 Å². The maximum atomic E-state index is 12.2. The van der Waals surface area contributed by atoms with Crippen molar-refractivity contribution >= 4 is 60.7 Å².